The Kier molecular flexibility index (Phi) is 7.36. The van der Waals surface area contributed by atoms with Crippen LogP contribution in [0.15, 0.2) is 24.3 Å². The Morgan fingerprint density at radius 1 is 1.07 bits per heavy atom. The normalized spacial score (nSPS) is 20.2. The fraction of sp³-hybridized carbons (Fsp3) is 0.636. The summed E-state index contributed by atoms with van der Waals surface area (Å²) in [5.74, 6) is 0.523. The third kappa shape index (κ3) is 5.35. The summed E-state index contributed by atoms with van der Waals surface area (Å²) < 4.78 is 0. The van der Waals surface area contributed by atoms with Crippen molar-refractivity contribution in [1.82, 2.24) is 4.90 Å². The molecule has 3 rings (SSSR count). The molecule has 4 nitrogen and oxygen atoms in total. The molecule has 0 atom stereocenters. The first kappa shape index (κ1) is 20.4. The molecule has 1 saturated carbocycles. The summed E-state index contributed by atoms with van der Waals surface area (Å²) in [4.78, 5) is 26.0. The van der Waals surface area contributed by atoms with Crippen LogP contribution in [0, 0.1) is 0 Å². The number of carbonyl (C=O) groups is 2. The minimum Gasteiger partial charge on any atom is -0.326 e. The van der Waals surface area contributed by atoms with Gasteiger partial charge in [0.1, 0.15) is 0 Å². The number of anilines is 1. The van der Waals surface area contributed by atoms with E-state index >= 15 is 0 Å². The number of nitrogens with one attached hydrogen (secondary N) is 1. The molecule has 5 heteroatoms. The highest BCUT2D eigenvalue weighted by molar-refractivity contribution is 8.13. The summed E-state index contributed by atoms with van der Waals surface area (Å²) >= 11 is 1.21. The van der Waals surface area contributed by atoms with Crippen LogP contribution in [-0.4, -0.2) is 34.8 Å². The molecule has 1 aliphatic carbocycles. The number of nitrogens with zero attached hydrogens (tertiary/aromatic N) is 1. The van der Waals surface area contributed by atoms with Crippen molar-refractivity contribution >= 4 is 28.5 Å². The van der Waals surface area contributed by atoms with Gasteiger partial charge in [-0.25, -0.2) is 0 Å². The van der Waals surface area contributed by atoms with Gasteiger partial charge in [-0.05, 0) is 56.5 Å². The van der Waals surface area contributed by atoms with E-state index in [4.69, 9.17) is 0 Å². The van der Waals surface area contributed by atoms with Crippen LogP contribution in [0.4, 0.5) is 5.69 Å². The quantitative estimate of drug-likeness (QED) is 0.750. The Bertz CT molecular complexity index is 649. The Balaban J connectivity index is 1.73. The fourth-order valence-corrected chi connectivity index (χ4v) is 5.22. The molecular formula is C22H32N2O2S. The first-order valence-corrected chi connectivity index (χ1v) is 11.4. The molecule has 1 saturated heterocycles. The lowest BCUT2D eigenvalue weighted by Gasteiger charge is -2.49. The molecule has 1 aromatic rings. The zero-order chi connectivity index (χ0) is 19.1. The standard InChI is InChI=1S/C22H32N2O2S/c1-18(25)27-16-11-21(26)23-20-10-8-9-19(17-20)22(12-4-2-5-13-22)24-14-6-3-7-15-24/h8-10,17H,2-7,11-16H2,1H3,(H,23,26). The summed E-state index contributed by atoms with van der Waals surface area (Å²) in [6.45, 7) is 3.92. The first-order chi connectivity index (χ1) is 13.1. The van der Waals surface area contributed by atoms with Gasteiger partial charge in [0.25, 0.3) is 0 Å². The second-order valence-corrected chi connectivity index (χ2v) is 9.13. The maximum absolute atomic E-state index is 12.2. The largest absolute Gasteiger partial charge is 0.326 e. The molecule has 1 aromatic carbocycles. The van der Waals surface area contributed by atoms with Crippen LogP contribution in [0.3, 0.4) is 0 Å². The van der Waals surface area contributed by atoms with Crippen LogP contribution in [0.1, 0.15) is 70.3 Å². The van der Waals surface area contributed by atoms with Crippen LogP contribution < -0.4 is 5.32 Å². The van der Waals surface area contributed by atoms with Crippen molar-refractivity contribution in [3.05, 3.63) is 29.8 Å². The van der Waals surface area contributed by atoms with Gasteiger partial charge in [-0.15, -0.1) is 0 Å². The number of likely N-dealkylation sites (tertiary alicyclic amines) is 1. The van der Waals surface area contributed by atoms with Crippen molar-refractivity contribution in [3.8, 4) is 0 Å². The molecule has 0 unspecified atom stereocenters. The summed E-state index contributed by atoms with van der Waals surface area (Å²) in [5, 5.41) is 3.09. The van der Waals surface area contributed by atoms with E-state index < -0.39 is 0 Å². The molecule has 1 aliphatic heterocycles. The lowest BCUT2D eigenvalue weighted by molar-refractivity contribution is -0.115. The van der Waals surface area contributed by atoms with Gasteiger partial charge in [0.2, 0.25) is 5.91 Å². The molecule has 1 heterocycles. The van der Waals surface area contributed by atoms with Gasteiger partial charge >= 0.3 is 0 Å². The maximum atomic E-state index is 12.2. The summed E-state index contributed by atoms with van der Waals surface area (Å²) in [6.07, 6.45) is 10.7. The lowest BCUT2D eigenvalue weighted by atomic mass is 9.74. The van der Waals surface area contributed by atoms with Gasteiger partial charge in [-0.2, -0.15) is 0 Å². The molecule has 2 aliphatic rings. The highest BCUT2D eigenvalue weighted by Gasteiger charge is 2.39. The van der Waals surface area contributed by atoms with Crippen molar-refractivity contribution in [3.63, 3.8) is 0 Å². The van der Waals surface area contributed by atoms with Crippen LogP contribution in [0.25, 0.3) is 0 Å². The highest BCUT2D eigenvalue weighted by Crippen LogP contribution is 2.44. The van der Waals surface area contributed by atoms with Gasteiger partial charge in [-0.3, -0.25) is 14.5 Å². The number of hydrogen-bond donors (Lipinski definition) is 1. The zero-order valence-electron chi connectivity index (χ0n) is 16.5. The summed E-state index contributed by atoms with van der Waals surface area (Å²) in [5.41, 5.74) is 2.39. The van der Waals surface area contributed by atoms with E-state index in [0.29, 0.717) is 12.2 Å². The molecule has 0 radical (unpaired) electrons. The number of amides is 1. The Morgan fingerprint density at radius 2 is 1.78 bits per heavy atom. The molecular weight excluding hydrogens is 356 g/mol. The minimum absolute atomic E-state index is 0.0171. The summed E-state index contributed by atoms with van der Waals surface area (Å²) in [6, 6.07) is 8.50. The van der Waals surface area contributed by atoms with E-state index in [0.717, 1.165) is 5.69 Å². The Hall–Kier alpha value is -1.33. The molecule has 148 valence electrons. The average Bonchev–Trinajstić information content (AvgIpc) is 2.69. The van der Waals surface area contributed by atoms with Crippen molar-refractivity contribution in [1.29, 1.82) is 0 Å². The molecule has 1 N–H and O–H groups in total. The second kappa shape index (κ2) is 9.74. The van der Waals surface area contributed by atoms with Gasteiger partial charge in [0.15, 0.2) is 5.12 Å². The Morgan fingerprint density at radius 3 is 2.48 bits per heavy atom. The fourth-order valence-electron chi connectivity index (χ4n) is 4.64. The van der Waals surface area contributed by atoms with E-state index in [2.05, 4.69) is 28.4 Å². The molecule has 0 bridgehead atoms. The highest BCUT2D eigenvalue weighted by atomic mass is 32.2. The third-order valence-electron chi connectivity index (χ3n) is 5.96. The van der Waals surface area contributed by atoms with Crippen molar-refractivity contribution in [2.45, 2.75) is 70.3 Å². The number of thioether (sulfide) groups is 1. The summed E-state index contributed by atoms with van der Waals surface area (Å²) in [7, 11) is 0. The number of carbonyl (C=O) groups excluding carboxylic acids is 2. The molecule has 27 heavy (non-hydrogen) atoms. The van der Waals surface area contributed by atoms with E-state index in [1.54, 1.807) is 0 Å². The molecule has 2 fully saturated rings. The minimum atomic E-state index is -0.0171. The smallest absolute Gasteiger partial charge is 0.225 e. The second-order valence-electron chi connectivity index (χ2n) is 7.86. The van der Waals surface area contributed by atoms with Gasteiger partial charge in [-0.1, -0.05) is 49.6 Å². The van der Waals surface area contributed by atoms with Crippen LogP contribution in [0.2, 0.25) is 0 Å². The van der Waals surface area contributed by atoms with Gasteiger partial charge < -0.3 is 5.32 Å². The SMILES string of the molecule is CC(=O)SCCC(=O)Nc1cccc(C2(N3CCCCC3)CCCCC2)c1. The number of piperidine rings is 1. The first-order valence-electron chi connectivity index (χ1n) is 10.4. The lowest BCUT2D eigenvalue weighted by Crippen LogP contribution is -2.49. The van der Waals surface area contributed by atoms with Crippen molar-refractivity contribution in [2.75, 3.05) is 24.2 Å². The maximum Gasteiger partial charge on any atom is 0.225 e. The predicted molar refractivity (Wildman–Crippen MR) is 113 cm³/mol. The van der Waals surface area contributed by atoms with Gasteiger partial charge in [0, 0.05) is 30.3 Å². The van der Waals surface area contributed by atoms with E-state index in [9.17, 15) is 9.59 Å². The van der Waals surface area contributed by atoms with Gasteiger partial charge in [0.05, 0.1) is 0 Å². The van der Waals surface area contributed by atoms with Crippen molar-refractivity contribution in [2.24, 2.45) is 0 Å². The molecule has 0 aromatic heterocycles. The van der Waals surface area contributed by atoms with Crippen LogP contribution in [-0.2, 0) is 15.1 Å². The molecule has 0 spiro atoms. The third-order valence-corrected chi connectivity index (χ3v) is 6.78. The average molecular weight is 389 g/mol. The van der Waals surface area contributed by atoms with Crippen LogP contribution >= 0.6 is 11.8 Å². The predicted octanol–water partition coefficient (Wildman–Crippen LogP) is 4.94. The number of rotatable bonds is 6. The van der Waals surface area contributed by atoms with Crippen LogP contribution in [0.5, 0.6) is 0 Å². The van der Waals surface area contributed by atoms with E-state index in [-0.39, 0.29) is 16.6 Å². The monoisotopic (exact) mass is 388 g/mol. The number of hydrogen-bond acceptors (Lipinski definition) is 4. The number of benzene rings is 1. The Labute approximate surface area is 167 Å². The van der Waals surface area contributed by atoms with E-state index in [1.807, 2.05) is 6.07 Å². The van der Waals surface area contributed by atoms with E-state index in [1.165, 1.54) is 88.7 Å². The van der Waals surface area contributed by atoms with Crippen molar-refractivity contribution < 1.29 is 9.59 Å². The molecule has 1 amide bonds. The zero-order valence-corrected chi connectivity index (χ0v) is 17.3. The topological polar surface area (TPSA) is 49.4 Å².